The lowest BCUT2D eigenvalue weighted by Gasteiger charge is -2.08. The number of aromatic nitrogens is 1. The van der Waals surface area contributed by atoms with Crippen LogP contribution in [-0.2, 0) is 11.2 Å². The summed E-state index contributed by atoms with van der Waals surface area (Å²) in [7, 11) is 1.32. The van der Waals surface area contributed by atoms with Gasteiger partial charge in [-0.15, -0.1) is 0 Å². The Morgan fingerprint density at radius 1 is 1.44 bits per heavy atom. The fraction of sp³-hybridized carbons (Fsp3) is 0.231. The van der Waals surface area contributed by atoms with Gasteiger partial charge in [0.05, 0.1) is 17.6 Å². The molecule has 0 amide bonds. The van der Waals surface area contributed by atoms with Crippen molar-refractivity contribution in [3.8, 4) is 0 Å². The number of carbonyl (C=O) groups excluding carboxylic acids is 1. The number of pyridine rings is 1. The summed E-state index contributed by atoms with van der Waals surface area (Å²) < 4.78 is 5.61. The summed E-state index contributed by atoms with van der Waals surface area (Å²) in [5.41, 5.74) is 2.01. The Morgan fingerprint density at radius 2 is 2.17 bits per heavy atom. The molecular weight excluding hydrogens is 318 g/mol. The van der Waals surface area contributed by atoms with Gasteiger partial charge < -0.3 is 4.74 Å². The molecule has 0 N–H and O–H groups in total. The third kappa shape index (κ3) is 2.35. The van der Waals surface area contributed by atoms with Crippen LogP contribution in [0, 0.1) is 0 Å². The van der Waals surface area contributed by atoms with Crippen molar-refractivity contribution in [1.82, 2.24) is 4.98 Å². The number of halogens is 2. The molecule has 0 aliphatic rings. The van der Waals surface area contributed by atoms with E-state index >= 15 is 0 Å². The molecule has 1 heterocycles. The topological polar surface area (TPSA) is 39.2 Å². The predicted molar refractivity (Wildman–Crippen MR) is 75.2 cm³/mol. The number of carbonyl (C=O) groups is 1. The van der Waals surface area contributed by atoms with E-state index in [1.165, 1.54) is 13.2 Å². The average Bonchev–Trinajstić information content (AvgIpc) is 2.37. The van der Waals surface area contributed by atoms with Crippen LogP contribution < -0.4 is 0 Å². The Hall–Kier alpha value is -1.13. The Kier molecular flexibility index (Phi) is 3.88. The van der Waals surface area contributed by atoms with Gasteiger partial charge in [0.1, 0.15) is 0 Å². The van der Waals surface area contributed by atoms with E-state index in [4.69, 9.17) is 11.6 Å². The first-order chi connectivity index (χ1) is 8.56. The van der Waals surface area contributed by atoms with E-state index in [0.29, 0.717) is 5.02 Å². The second kappa shape index (κ2) is 5.24. The second-order valence-electron chi connectivity index (χ2n) is 3.80. The van der Waals surface area contributed by atoms with Crippen molar-refractivity contribution in [1.29, 1.82) is 0 Å². The monoisotopic (exact) mass is 327 g/mol. The molecule has 0 aliphatic carbocycles. The number of benzene rings is 1. The van der Waals surface area contributed by atoms with Gasteiger partial charge in [0.25, 0.3) is 0 Å². The first-order valence-electron chi connectivity index (χ1n) is 5.43. The molecule has 2 rings (SSSR count). The third-order valence-corrected chi connectivity index (χ3v) is 3.45. The maximum absolute atomic E-state index is 11.5. The van der Waals surface area contributed by atoms with E-state index in [9.17, 15) is 4.79 Å². The standard InChI is InChI=1S/C13H11BrClNO2/c1-3-7-4-8(14)5-9-10(15)6-11(13(17)18-2)16-12(7)9/h4-6H,3H2,1-2H3. The van der Waals surface area contributed by atoms with Gasteiger partial charge in [0.2, 0.25) is 0 Å². The number of rotatable bonds is 2. The largest absolute Gasteiger partial charge is 0.464 e. The van der Waals surface area contributed by atoms with Crippen molar-refractivity contribution in [3.05, 3.63) is 39.0 Å². The normalized spacial score (nSPS) is 10.7. The molecule has 1 aromatic heterocycles. The molecule has 0 aliphatic heterocycles. The highest BCUT2D eigenvalue weighted by atomic mass is 79.9. The molecule has 1 aromatic carbocycles. The van der Waals surface area contributed by atoms with Crippen LogP contribution in [0.25, 0.3) is 10.9 Å². The zero-order chi connectivity index (χ0) is 13.3. The van der Waals surface area contributed by atoms with Gasteiger partial charge in [-0.1, -0.05) is 34.5 Å². The van der Waals surface area contributed by atoms with E-state index < -0.39 is 5.97 Å². The summed E-state index contributed by atoms with van der Waals surface area (Å²) in [4.78, 5) is 15.9. The third-order valence-electron chi connectivity index (χ3n) is 2.68. The molecule has 18 heavy (non-hydrogen) atoms. The highest BCUT2D eigenvalue weighted by Crippen LogP contribution is 2.29. The first kappa shape index (κ1) is 13.3. The molecule has 94 valence electrons. The lowest BCUT2D eigenvalue weighted by molar-refractivity contribution is 0.0594. The summed E-state index contributed by atoms with van der Waals surface area (Å²) >= 11 is 9.64. The van der Waals surface area contributed by atoms with E-state index in [1.54, 1.807) is 0 Å². The Morgan fingerprint density at radius 3 is 2.78 bits per heavy atom. The maximum atomic E-state index is 11.5. The van der Waals surface area contributed by atoms with Crippen LogP contribution in [0.3, 0.4) is 0 Å². The fourth-order valence-corrected chi connectivity index (χ4v) is 2.55. The SMILES string of the molecule is CCc1cc(Br)cc2c(Cl)cc(C(=O)OC)nc12. The van der Waals surface area contributed by atoms with Crippen molar-refractivity contribution >= 4 is 44.4 Å². The number of esters is 1. The zero-order valence-electron chi connectivity index (χ0n) is 9.96. The number of hydrogen-bond donors (Lipinski definition) is 0. The van der Waals surface area contributed by atoms with E-state index in [-0.39, 0.29) is 5.69 Å². The summed E-state index contributed by atoms with van der Waals surface area (Å²) in [6.07, 6.45) is 0.809. The van der Waals surface area contributed by atoms with Gasteiger partial charge in [-0.25, -0.2) is 9.78 Å². The molecule has 0 fully saturated rings. The molecule has 5 heteroatoms. The maximum Gasteiger partial charge on any atom is 0.356 e. The van der Waals surface area contributed by atoms with Gasteiger partial charge in [0.15, 0.2) is 5.69 Å². The number of nitrogens with zero attached hydrogens (tertiary/aromatic N) is 1. The van der Waals surface area contributed by atoms with E-state index in [2.05, 4.69) is 25.7 Å². The quantitative estimate of drug-likeness (QED) is 0.782. The molecule has 0 spiro atoms. The highest BCUT2D eigenvalue weighted by molar-refractivity contribution is 9.10. The number of aryl methyl sites for hydroxylation is 1. The van der Waals surface area contributed by atoms with Crippen molar-refractivity contribution in [2.24, 2.45) is 0 Å². The number of ether oxygens (including phenoxy) is 1. The van der Waals surface area contributed by atoms with Crippen LogP contribution in [0.5, 0.6) is 0 Å². The smallest absolute Gasteiger partial charge is 0.356 e. The fourth-order valence-electron chi connectivity index (χ4n) is 1.80. The minimum absolute atomic E-state index is 0.229. The minimum atomic E-state index is -0.483. The van der Waals surface area contributed by atoms with Gasteiger partial charge in [-0.2, -0.15) is 0 Å². The Labute approximate surface area is 118 Å². The number of hydrogen-bond acceptors (Lipinski definition) is 3. The lowest BCUT2D eigenvalue weighted by Crippen LogP contribution is -2.05. The summed E-state index contributed by atoms with van der Waals surface area (Å²) in [6.45, 7) is 2.03. The van der Waals surface area contributed by atoms with Crippen molar-refractivity contribution < 1.29 is 9.53 Å². The van der Waals surface area contributed by atoms with Gasteiger partial charge in [-0.3, -0.25) is 0 Å². The van der Waals surface area contributed by atoms with Crippen LogP contribution in [0.4, 0.5) is 0 Å². The summed E-state index contributed by atoms with van der Waals surface area (Å²) in [6, 6.07) is 5.40. The Balaban J connectivity index is 2.78. The average molecular weight is 329 g/mol. The van der Waals surface area contributed by atoms with Gasteiger partial charge in [0, 0.05) is 9.86 Å². The predicted octanol–water partition coefficient (Wildman–Crippen LogP) is 4.00. The molecule has 0 unspecified atom stereocenters. The molecule has 2 aromatic rings. The zero-order valence-corrected chi connectivity index (χ0v) is 12.3. The number of methoxy groups -OCH3 is 1. The van der Waals surface area contributed by atoms with E-state index in [0.717, 1.165) is 27.4 Å². The van der Waals surface area contributed by atoms with Crippen molar-refractivity contribution in [3.63, 3.8) is 0 Å². The molecule has 0 saturated heterocycles. The molecule has 0 atom stereocenters. The van der Waals surface area contributed by atoms with Crippen LogP contribution in [0.1, 0.15) is 23.0 Å². The van der Waals surface area contributed by atoms with Crippen LogP contribution in [0.2, 0.25) is 5.02 Å². The van der Waals surface area contributed by atoms with Crippen LogP contribution >= 0.6 is 27.5 Å². The van der Waals surface area contributed by atoms with Crippen LogP contribution in [-0.4, -0.2) is 18.1 Å². The molecule has 3 nitrogen and oxygen atoms in total. The second-order valence-corrected chi connectivity index (χ2v) is 5.12. The minimum Gasteiger partial charge on any atom is -0.464 e. The van der Waals surface area contributed by atoms with Crippen LogP contribution in [0.15, 0.2) is 22.7 Å². The Bertz CT molecular complexity index is 628. The molecule has 0 radical (unpaired) electrons. The molecular formula is C13H11BrClNO2. The van der Waals surface area contributed by atoms with Gasteiger partial charge in [-0.05, 0) is 30.2 Å². The van der Waals surface area contributed by atoms with Crippen molar-refractivity contribution in [2.45, 2.75) is 13.3 Å². The lowest BCUT2D eigenvalue weighted by atomic mass is 10.1. The van der Waals surface area contributed by atoms with Crippen molar-refractivity contribution in [2.75, 3.05) is 7.11 Å². The molecule has 0 bridgehead atoms. The first-order valence-corrected chi connectivity index (χ1v) is 6.61. The highest BCUT2D eigenvalue weighted by Gasteiger charge is 2.13. The number of fused-ring (bicyclic) bond motifs is 1. The summed E-state index contributed by atoms with van der Waals surface area (Å²) in [5.74, 6) is -0.483. The van der Waals surface area contributed by atoms with E-state index in [1.807, 2.05) is 19.1 Å². The summed E-state index contributed by atoms with van der Waals surface area (Å²) in [5, 5.41) is 1.33. The molecule has 0 saturated carbocycles. The van der Waals surface area contributed by atoms with Gasteiger partial charge >= 0.3 is 5.97 Å².